The van der Waals surface area contributed by atoms with Crippen LogP contribution in [0.2, 0.25) is 0 Å². The molecular formula is C17H21NO5. The van der Waals surface area contributed by atoms with Crippen molar-refractivity contribution < 1.29 is 19.2 Å². The number of esters is 1. The molecule has 0 saturated heterocycles. The number of nitro groups is 1. The van der Waals surface area contributed by atoms with Crippen molar-refractivity contribution in [2.24, 2.45) is 5.41 Å². The number of carbonyl (C=O) groups is 2. The number of hydrogen-bond donors (Lipinski definition) is 0. The Morgan fingerprint density at radius 1 is 1.30 bits per heavy atom. The standard InChI is InChI=1S/C17H21NO5/c1-12(19)15(16(20)23-9-8-17(2,3)4)11-13-6-5-7-14(10-13)18(21)22/h5-7,10-11H,8-9H2,1-4H3. The van der Waals surface area contributed by atoms with Gasteiger partial charge in [-0.1, -0.05) is 32.9 Å². The highest BCUT2D eigenvalue weighted by Crippen LogP contribution is 2.19. The van der Waals surface area contributed by atoms with E-state index in [2.05, 4.69) is 0 Å². The third kappa shape index (κ3) is 6.42. The zero-order chi connectivity index (χ0) is 17.6. The van der Waals surface area contributed by atoms with Crippen molar-refractivity contribution in [3.8, 4) is 0 Å². The molecule has 0 saturated carbocycles. The number of ketones is 1. The minimum atomic E-state index is -0.715. The van der Waals surface area contributed by atoms with Gasteiger partial charge in [-0.2, -0.15) is 0 Å². The zero-order valence-electron chi connectivity index (χ0n) is 13.8. The number of nitro benzene ring substituents is 1. The number of carbonyl (C=O) groups excluding carboxylic acids is 2. The third-order valence-electron chi connectivity index (χ3n) is 3.08. The van der Waals surface area contributed by atoms with Crippen LogP contribution in [-0.2, 0) is 14.3 Å². The first-order valence-corrected chi connectivity index (χ1v) is 7.24. The second-order valence-electron chi connectivity index (χ2n) is 6.41. The van der Waals surface area contributed by atoms with Gasteiger partial charge in [0.25, 0.3) is 5.69 Å². The lowest BCUT2D eigenvalue weighted by atomic mass is 9.93. The summed E-state index contributed by atoms with van der Waals surface area (Å²) in [7, 11) is 0. The van der Waals surface area contributed by atoms with Crippen LogP contribution >= 0.6 is 0 Å². The Morgan fingerprint density at radius 3 is 2.48 bits per heavy atom. The molecule has 1 aromatic rings. The molecule has 0 bridgehead atoms. The molecule has 0 aliphatic rings. The fourth-order valence-corrected chi connectivity index (χ4v) is 1.73. The molecule has 0 radical (unpaired) electrons. The first-order chi connectivity index (χ1) is 10.6. The Morgan fingerprint density at radius 2 is 1.96 bits per heavy atom. The van der Waals surface area contributed by atoms with Crippen LogP contribution in [-0.4, -0.2) is 23.3 Å². The van der Waals surface area contributed by atoms with E-state index in [0.717, 1.165) is 0 Å². The lowest BCUT2D eigenvalue weighted by molar-refractivity contribution is -0.384. The molecule has 0 spiro atoms. The predicted octanol–water partition coefficient (Wildman–Crippen LogP) is 3.55. The third-order valence-corrected chi connectivity index (χ3v) is 3.08. The molecule has 0 aliphatic carbocycles. The van der Waals surface area contributed by atoms with Gasteiger partial charge >= 0.3 is 5.97 Å². The van der Waals surface area contributed by atoms with Gasteiger partial charge in [0.2, 0.25) is 0 Å². The van der Waals surface area contributed by atoms with Crippen LogP contribution in [0.4, 0.5) is 5.69 Å². The summed E-state index contributed by atoms with van der Waals surface area (Å²) in [5.41, 5.74) is 0.180. The maximum absolute atomic E-state index is 12.0. The average molecular weight is 319 g/mol. The second-order valence-corrected chi connectivity index (χ2v) is 6.41. The Bertz CT molecular complexity index is 641. The Kier molecular flexibility index (Phi) is 6.18. The van der Waals surface area contributed by atoms with E-state index in [0.29, 0.717) is 12.0 Å². The summed E-state index contributed by atoms with van der Waals surface area (Å²) < 4.78 is 5.13. The van der Waals surface area contributed by atoms with Gasteiger partial charge in [0.15, 0.2) is 5.78 Å². The normalized spacial score (nSPS) is 11.9. The van der Waals surface area contributed by atoms with Crippen molar-refractivity contribution in [1.82, 2.24) is 0 Å². The number of hydrogen-bond acceptors (Lipinski definition) is 5. The van der Waals surface area contributed by atoms with E-state index in [1.165, 1.54) is 31.2 Å². The first-order valence-electron chi connectivity index (χ1n) is 7.24. The van der Waals surface area contributed by atoms with Gasteiger partial charge in [-0.15, -0.1) is 0 Å². The lowest BCUT2D eigenvalue weighted by Crippen LogP contribution is -2.17. The summed E-state index contributed by atoms with van der Waals surface area (Å²) in [6, 6.07) is 5.71. The van der Waals surface area contributed by atoms with E-state index in [4.69, 9.17) is 4.74 Å². The fraction of sp³-hybridized carbons (Fsp3) is 0.412. The van der Waals surface area contributed by atoms with Crippen LogP contribution in [0, 0.1) is 15.5 Å². The molecule has 6 nitrogen and oxygen atoms in total. The molecule has 0 heterocycles. The van der Waals surface area contributed by atoms with Crippen molar-refractivity contribution in [2.75, 3.05) is 6.61 Å². The van der Waals surface area contributed by atoms with Crippen LogP contribution in [0.15, 0.2) is 29.8 Å². The quantitative estimate of drug-likeness (QED) is 0.200. The summed E-state index contributed by atoms with van der Waals surface area (Å²) >= 11 is 0. The molecule has 1 aromatic carbocycles. The van der Waals surface area contributed by atoms with E-state index in [1.54, 1.807) is 6.07 Å². The van der Waals surface area contributed by atoms with Crippen LogP contribution in [0.3, 0.4) is 0 Å². The van der Waals surface area contributed by atoms with Gasteiger partial charge in [0, 0.05) is 12.1 Å². The van der Waals surface area contributed by atoms with E-state index in [9.17, 15) is 19.7 Å². The molecular weight excluding hydrogens is 298 g/mol. The van der Waals surface area contributed by atoms with Crippen molar-refractivity contribution >= 4 is 23.5 Å². The average Bonchev–Trinajstić information content (AvgIpc) is 2.43. The van der Waals surface area contributed by atoms with Gasteiger partial charge in [-0.05, 0) is 30.4 Å². The maximum Gasteiger partial charge on any atom is 0.341 e. The summed E-state index contributed by atoms with van der Waals surface area (Å²) in [6.07, 6.45) is 1.98. The summed E-state index contributed by atoms with van der Waals surface area (Å²) in [5, 5.41) is 10.8. The van der Waals surface area contributed by atoms with Gasteiger partial charge in [0.05, 0.1) is 11.5 Å². The Hall–Kier alpha value is -2.50. The van der Waals surface area contributed by atoms with Crippen LogP contribution in [0.5, 0.6) is 0 Å². The van der Waals surface area contributed by atoms with E-state index >= 15 is 0 Å². The first kappa shape index (κ1) is 18.5. The molecule has 0 fully saturated rings. The van der Waals surface area contributed by atoms with Crippen molar-refractivity contribution in [1.29, 1.82) is 0 Å². The largest absolute Gasteiger partial charge is 0.462 e. The summed E-state index contributed by atoms with van der Waals surface area (Å²) in [5.74, 6) is -1.16. The van der Waals surface area contributed by atoms with E-state index in [-0.39, 0.29) is 23.3 Å². The number of nitrogens with zero attached hydrogens (tertiary/aromatic N) is 1. The molecule has 0 N–H and O–H groups in total. The molecule has 0 unspecified atom stereocenters. The number of benzene rings is 1. The highest BCUT2D eigenvalue weighted by Gasteiger charge is 2.18. The minimum Gasteiger partial charge on any atom is -0.462 e. The predicted molar refractivity (Wildman–Crippen MR) is 86.8 cm³/mol. The van der Waals surface area contributed by atoms with Gasteiger partial charge < -0.3 is 4.74 Å². The van der Waals surface area contributed by atoms with Crippen molar-refractivity contribution in [3.63, 3.8) is 0 Å². The lowest BCUT2D eigenvalue weighted by Gasteiger charge is -2.17. The SMILES string of the molecule is CC(=O)C(=Cc1cccc([N+](=O)[O-])c1)C(=O)OCCC(C)(C)C. The maximum atomic E-state index is 12.0. The zero-order valence-corrected chi connectivity index (χ0v) is 13.8. The van der Waals surface area contributed by atoms with E-state index < -0.39 is 16.7 Å². The Balaban J connectivity index is 2.93. The van der Waals surface area contributed by atoms with Gasteiger partial charge in [0.1, 0.15) is 5.57 Å². The molecule has 0 aliphatic heterocycles. The molecule has 1 rings (SSSR count). The van der Waals surface area contributed by atoms with Crippen LogP contribution < -0.4 is 0 Å². The number of Topliss-reactive ketones (excluding diaryl/α,β-unsaturated/α-hetero) is 1. The Labute approximate surface area is 135 Å². The summed E-state index contributed by atoms with van der Waals surface area (Å²) in [4.78, 5) is 33.9. The second kappa shape index (κ2) is 7.67. The van der Waals surface area contributed by atoms with Crippen molar-refractivity contribution in [3.05, 3.63) is 45.5 Å². The number of ether oxygens (including phenoxy) is 1. The summed E-state index contributed by atoms with van der Waals surface area (Å²) in [6.45, 7) is 7.53. The number of non-ortho nitro benzene ring substituents is 1. The van der Waals surface area contributed by atoms with Gasteiger partial charge in [-0.25, -0.2) is 4.79 Å². The van der Waals surface area contributed by atoms with Crippen LogP contribution in [0.1, 0.15) is 39.7 Å². The van der Waals surface area contributed by atoms with E-state index in [1.807, 2.05) is 20.8 Å². The monoisotopic (exact) mass is 319 g/mol. The molecule has 0 atom stereocenters. The molecule has 6 heteroatoms. The number of rotatable bonds is 6. The molecule has 124 valence electrons. The smallest absolute Gasteiger partial charge is 0.341 e. The topological polar surface area (TPSA) is 86.5 Å². The van der Waals surface area contributed by atoms with Crippen LogP contribution in [0.25, 0.3) is 6.08 Å². The fourth-order valence-electron chi connectivity index (χ4n) is 1.73. The highest BCUT2D eigenvalue weighted by atomic mass is 16.6. The highest BCUT2D eigenvalue weighted by molar-refractivity contribution is 6.19. The molecule has 0 aromatic heterocycles. The minimum absolute atomic E-state index is 0.0143. The molecule has 23 heavy (non-hydrogen) atoms. The molecule has 0 amide bonds. The van der Waals surface area contributed by atoms with Crippen molar-refractivity contribution in [2.45, 2.75) is 34.1 Å². The van der Waals surface area contributed by atoms with Gasteiger partial charge in [-0.3, -0.25) is 14.9 Å².